The van der Waals surface area contributed by atoms with E-state index in [0.717, 1.165) is 44.7 Å². The molecule has 0 saturated heterocycles. The highest BCUT2D eigenvalue weighted by Crippen LogP contribution is 2.50. The number of rotatable bonds is 6. The van der Waals surface area contributed by atoms with Crippen molar-refractivity contribution in [3.05, 3.63) is 55.9 Å². The van der Waals surface area contributed by atoms with Crippen molar-refractivity contribution in [2.24, 2.45) is 5.41 Å². The highest BCUT2D eigenvalue weighted by molar-refractivity contribution is 14.1. The normalized spacial score (nSPS) is 19.1. The first-order chi connectivity index (χ1) is 16.7. The van der Waals surface area contributed by atoms with Crippen LogP contribution >= 0.6 is 22.6 Å². The van der Waals surface area contributed by atoms with Crippen LogP contribution in [0.2, 0.25) is 18.1 Å². The van der Waals surface area contributed by atoms with Crippen molar-refractivity contribution in [2.45, 2.75) is 124 Å². The fraction of sp³-hybridized carbons (Fsp3) is 0.645. The summed E-state index contributed by atoms with van der Waals surface area (Å²) in [6.07, 6.45) is 1.09. The van der Waals surface area contributed by atoms with Crippen molar-refractivity contribution in [1.82, 2.24) is 4.98 Å². The Balaban J connectivity index is 2.13. The number of aromatic nitrogens is 1. The Morgan fingerprint density at radius 3 is 2.11 bits per heavy atom. The van der Waals surface area contributed by atoms with E-state index in [1.54, 1.807) is 0 Å². The van der Waals surface area contributed by atoms with Crippen LogP contribution in [0.5, 0.6) is 5.75 Å². The largest absolute Gasteiger partial charge is 0.488 e. The number of halogens is 1. The summed E-state index contributed by atoms with van der Waals surface area (Å²) < 4.78 is 14.2. The lowest BCUT2D eigenvalue weighted by Crippen LogP contribution is -2.44. The van der Waals surface area contributed by atoms with Crippen molar-refractivity contribution in [2.75, 3.05) is 0 Å². The smallest absolute Gasteiger partial charge is 0.192 e. The number of fused-ring (bicyclic) bond motifs is 1. The molecule has 1 aliphatic rings. The number of nitrogens with zero attached hydrogens (tertiary/aromatic N) is 1. The molecular formula is C31H48INO3Si. The molecule has 0 spiro atoms. The minimum Gasteiger partial charge on any atom is -0.488 e. The number of ether oxygens (including phenoxy) is 1. The molecule has 0 fully saturated rings. The van der Waals surface area contributed by atoms with Crippen LogP contribution in [0.15, 0.2) is 24.3 Å². The Morgan fingerprint density at radius 2 is 1.62 bits per heavy atom. The zero-order valence-electron chi connectivity index (χ0n) is 25.0. The van der Waals surface area contributed by atoms with Gasteiger partial charge in [0.05, 0.1) is 11.8 Å². The van der Waals surface area contributed by atoms with Crippen LogP contribution in [0, 0.1) is 8.99 Å². The Hall–Kier alpha value is -0.963. The molecule has 1 aromatic carbocycles. The van der Waals surface area contributed by atoms with Gasteiger partial charge in [-0.1, -0.05) is 60.6 Å². The molecular weight excluding hydrogens is 589 g/mol. The van der Waals surface area contributed by atoms with Gasteiger partial charge in [0, 0.05) is 20.4 Å². The van der Waals surface area contributed by atoms with Gasteiger partial charge in [0.15, 0.2) is 8.32 Å². The predicted molar refractivity (Wildman–Crippen MR) is 165 cm³/mol. The maximum atomic E-state index is 11.8. The molecule has 0 radical (unpaired) electrons. The Bertz CT molecular complexity index is 1110. The highest BCUT2D eigenvalue weighted by Gasteiger charge is 2.44. The van der Waals surface area contributed by atoms with Gasteiger partial charge < -0.3 is 14.3 Å². The number of benzene rings is 1. The lowest BCUT2D eigenvalue weighted by Gasteiger charge is -2.44. The first kappa shape index (κ1) is 30.6. The summed E-state index contributed by atoms with van der Waals surface area (Å²) in [6.45, 7) is 26.6. The van der Waals surface area contributed by atoms with Crippen LogP contribution in [0.4, 0.5) is 0 Å². The van der Waals surface area contributed by atoms with Gasteiger partial charge in [0.25, 0.3) is 0 Å². The number of aliphatic hydroxyl groups is 1. The third kappa shape index (κ3) is 6.98. The van der Waals surface area contributed by atoms with E-state index in [1.807, 2.05) is 45.0 Å². The summed E-state index contributed by atoms with van der Waals surface area (Å²) in [5.74, 6) is 0.993. The molecule has 0 aliphatic heterocycles. The molecule has 37 heavy (non-hydrogen) atoms. The number of pyridine rings is 1. The van der Waals surface area contributed by atoms with E-state index in [-0.39, 0.29) is 28.1 Å². The minimum absolute atomic E-state index is 0.0197. The average Bonchev–Trinajstić information content (AvgIpc) is 2.70. The molecule has 0 saturated carbocycles. The van der Waals surface area contributed by atoms with Crippen LogP contribution in [0.25, 0.3) is 0 Å². The van der Waals surface area contributed by atoms with E-state index in [1.165, 1.54) is 5.56 Å². The summed E-state index contributed by atoms with van der Waals surface area (Å²) in [7, 11) is -2.02. The molecule has 2 aromatic rings. The van der Waals surface area contributed by atoms with Crippen molar-refractivity contribution >= 4 is 30.9 Å². The quantitative estimate of drug-likeness (QED) is 0.254. The molecule has 1 aromatic heterocycles. The lowest BCUT2D eigenvalue weighted by molar-refractivity contribution is 0.104. The van der Waals surface area contributed by atoms with Gasteiger partial charge >= 0.3 is 0 Å². The molecule has 0 bridgehead atoms. The zero-order valence-corrected chi connectivity index (χ0v) is 28.2. The van der Waals surface area contributed by atoms with Gasteiger partial charge in [-0.05, 0) is 103 Å². The number of hydrogen-bond acceptors (Lipinski definition) is 4. The Kier molecular flexibility index (Phi) is 8.72. The van der Waals surface area contributed by atoms with Crippen LogP contribution in [-0.4, -0.2) is 24.0 Å². The van der Waals surface area contributed by atoms with Crippen molar-refractivity contribution in [1.29, 1.82) is 0 Å². The van der Waals surface area contributed by atoms with Gasteiger partial charge in [-0.2, -0.15) is 0 Å². The highest BCUT2D eigenvalue weighted by atomic mass is 127. The molecule has 206 valence electrons. The second-order valence-electron chi connectivity index (χ2n) is 14.3. The van der Waals surface area contributed by atoms with Gasteiger partial charge in [-0.3, -0.25) is 4.98 Å². The van der Waals surface area contributed by atoms with Gasteiger partial charge in [0.2, 0.25) is 0 Å². The van der Waals surface area contributed by atoms with Crippen molar-refractivity contribution in [3.63, 3.8) is 0 Å². The molecule has 2 atom stereocenters. The maximum absolute atomic E-state index is 11.8. The van der Waals surface area contributed by atoms with Gasteiger partial charge in [0.1, 0.15) is 17.5 Å². The van der Waals surface area contributed by atoms with Crippen LogP contribution in [0.3, 0.4) is 0 Å². The maximum Gasteiger partial charge on any atom is 0.192 e. The van der Waals surface area contributed by atoms with Crippen LogP contribution < -0.4 is 4.74 Å². The number of aliphatic hydroxyl groups excluding tert-OH is 1. The molecule has 0 amide bonds. The van der Waals surface area contributed by atoms with Crippen molar-refractivity contribution in [3.8, 4) is 5.75 Å². The first-order valence-corrected chi connectivity index (χ1v) is 17.6. The number of hydrogen-bond donors (Lipinski definition) is 1. The minimum atomic E-state index is -2.02. The average molecular weight is 638 g/mol. The van der Waals surface area contributed by atoms with Crippen LogP contribution in [0.1, 0.15) is 122 Å². The first-order valence-electron chi connectivity index (χ1n) is 13.6. The molecule has 6 heteroatoms. The SMILES string of the molecule is CC(C)c1nc2c(c(I)c1C(O)c1ccc(OC(C)(C)C)cc1)[C@@H](O[Si](C)(C)C(C)(C)C)CC(C)(C)C2. The zero-order chi connectivity index (χ0) is 28.1. The summed E-state index contributed by atoms with van der Waals surface area (Å²) in [4.78, 5) is 5.27. The molecule has 1 N–H and O–H groups in total. The van der Waals surface area contributed by atoms with Crippen LogP contribution in [-0.2, 0) is 10.8 Å². The third-order valence-electron chi connectivity index (χ3n) is 7.70. The van der Waals surface area contributed by atoms with Gasteiger partial charge in [-0.25, -0.2) is 0 Å². The topological polar surface area (TPSA) is 51.6 Å². The van der Waals surface area contributed by atoms with Gasteiger partial charge in [-0.15, -0.1) is 0 Å². The molecule has 4 nitrogen and oxygen atoms in total. The summed E-state index contributed by atoms with van der Waals surface area (Å²) >= 11 is 2.46. The molecule has 1 aliphatic carbocycles. The lowest BCUT2D eigenvalue weighted by atomic mass is 9.74. The van der Waals surface area contributed by atoms with E-state index in [2.05, 4.69) is 84.2 Å². The van der Waals surface area contributed by atoms with E-state index in [4.69, 9.17) is 14.1 Å². The molecule has 1 heterocycles. The molecule has 1 unspecified atom stereocenters. The summed E-state index contributed by atoms with van der Waals surface area (Å²) in [6, 6.07) is 7.84. The third-order valence-corrected chi connectivity index (χ3v) is 13.4. The second-order valence-corrected chi connectivity index (χ2v) is 20.2. The van der Waals surface area contributed by atoms with Crippen molar-refractivity contribution < 1.29 is 14.3 Å². The second kappa shape index (κ2) is 10.5. The monoisotopic (exact) mass is 637 g/mol. The fourth-order valence-corrected chi connectivity index (χ4v) is 7.31. The summed E-state index contributed by atoms with van der Waals surface area (Å²) in [5, 5.41) is 11.9. The Labute approximate surface area is 240 Å². The predicted octanol–water partition coefficient (Wildman–Crippen LogP) is 9.10. The van der Waals surface area contributed by atoms with E-state index >= 15 is 0 Å². The summed E-state index contributed by atoms with van der Waals surface area (Å²) in [5.41, 5.74) is 4.91. The standard InChI is InChI=1S/C31H48INO3Si/c1-19(2)27-25(28(34)20-13-15-21(16-14-20)35-29(3,4)5)26(32)24-22(33-27)17-31(9,10)18-23(24)36-37(11,12)30(6,7)8/h13-16,19,23,28,34H,17-18H2,1-12H3/t23-,28?/m0/s1. The molecule has 3 rings (SSSR count). The fourth-order valence-electron chi connectivity index (χ4n) is 4.81. The van der Waals surface area contributed by atoms with E-state index < -0.39 is 14.4 Å². The van der Waals surface area contributed by atoms with E-state index in [0.29, 0.717) is 0 Å². The Morgan fingerprint density at radius 1 is 1.05 bits per heavy atom. The van der Waals surface area contributed by atoms with E-state index in [9.17, 15) is 5.11 Å².